The third-order valence-electron chi connectivity index (χ3n) is 5.48. The molecule has 0 bridgehead atoms. The summed E-state index contributed by atoms with van der Waals surface area (Å²) in [5, 5.41) is 0. The number of carbonyl (C=O) groups excluding carboxylic acids is 2. The number of ether oxygens (including phenoxy) is 2. The van der Waals surface area contributed by atoms with Crippen LogP contribution in [0.4, 0.5) is 4.39 Å². The van der Waals surface area contributed by atoms with Crippen molar-refractivity contribution in [2.75, 3.05) is 6.61 Å². The molecule has 0 aliphatic carbocycles. The number of rotatable bonds is 7. The van der Waals surface area contributed by atoms with Gasteiger partial charge in [-0.2, -0.15) is 8.42 Å². The van der Waals surface area contributed by atoms with Gasteiger partial charge in [0.15, 0.2) is 13.3 Å². The van der Waals surface area contributed by atoms with Crippen molar-refractivity contribution in [2.45, 2.75) is 17.0 Å². The van der Waals surface area contributed by atoms with Crippen LogP contribution in [0.15, 0.2) is 60.2 Å². The molecule has 1 aliphatic heterocycles. The van der Waals surface area contributed by atoms with Gasteiger partial charge in [0.2, 0.25) is 17.4 Å². The van der Waals surface area contributed by atoms with E-state index >= 15 is 0 Å². The molecule has 170 valence electrons. The molecule has 2 aromatic carbocycles. The zero-order valence-corrected chi connectivity index (χ0v) is 19.4. The molecule has 3 rings (SSSR count). The van der Waals surface area contributed by atoms with Crippen molar-refractivity contribution in [2.24, 2.45) is 5.73 Å². The second-order valence-electron chi connectivity index (χ2n) is 8.01. The van der Waals surface area contributed by atoms with E-state index in [2.05, 4.69) is 0 Å². The Labute approximate surface area is 193 Å². The third-order valence-corrected chi connectivity index (χ3v) is 7.35. The van der Waals surface area contributed by atoms with Crippen molar-refractivity contribution in [1.82, 2.24) is 0 Å². The van der Waals surface area contributed by atoms with Gasteiger partial charge in [-0.1, -0.05) is 24.3 Å². The lowest BCUT2D eigenvalue weighted by atomic mass is 9.65. The molecule has 2 N–H and O–H groups in total. The maximum absolute atomic E-state index is 13.3. The lowest BCUT2D eigenvalue weighted by Gasteiger charge is -2.26. The zero-order chi connectivity index (χ0) is 24.6. The standard InChI is InChI=1S/C20H21B3FNO7S/c1-2-30-18(27)11-3-5-12(6-4-11)19(21)16(26)15(17(25)31-19)32-33(28,29)20(22,23)13-7-9-14(24)10-8-13/h3-10H,2,21-23,25H2,1H3/t19-/m0/s1. The summed E-state index contributed by atoms with van der Waals surface area (Å²) in [6, 6.07) is 10.8. The summed E-state index contributed by atoms with van der Waals surface area (Å²) in [7, 11) is -0.320. The van der Waals surface area contributed by atoms with Gasteiger partial charge in [-0.25, -0.2) is 9.18 Å². The van der Waals surface area contributed by atoms with E-state index in [4.69, 9.17) is 19.4 Å². The summed E-state index contributed by atoms with van der Waals surface area (Å²) in [5.74, 6) is -2.99. The van der Waals surface area contributed by atoms with Crippen LogP contribution >= 0.6 is 0 Å². The predicted octanol–water partition coefficient (Wildman–Crippen LogP) is -1.06. The van der Waals surface area contributed by atoms with Crippen LogP contribution in [-0.2, 0) is 38.6 Å². The first-order chi connectivity index (χ1) is 15.3. The molecule has 13 heteroatoms. The smallest absolute Gasteiger partial charge is 0.338 e. The van der Waals surface area contributed by atoms with Gasteiger partial charge >= 0.3 is 16.1 Å². The molecule has 1 atom stereocenters. The Morgan fingerprint density at radius 3 is 2.27 bits per heavy atom. The Morgan fingerprint density at radius 1 is 1.15 bits per heavy atom. The maximum atomic E-state index is 13.3. The molecule has 0 radical (unpaired) electrons. The van der Waals surface area contributed by atoms with Gasteiger partial charge in [0, 0.05) is 0 Å². The molecule has 8 nitrogen and oxygen atoms in total. The molecule has 0 fully saturated rings. The lowest BCUT2D eigenvalue weighted by molar-refractivity contribution is -0.126. The van der Waals surface area contributed by atoms with Crippen LogP contribution < -0.4 is 5.73 Å². The number of hydrogen-bond acceptors (Lipinski definition) is 8. The molecular weight excluding hydrogens is 450 g/mol. The third kappa shape index (κ3) is 4.37. The van der Waals surface area contributed by atoms with Crippen LogP contribution in [0.5, 0.6) is 0 Å². The average Bonchev–Trinajstić information content (AvgIpc) is 2.98. The molecule has 1 heterocycles. The van der Waals surface area contributed by atoms with E-state index < -0.39 is 49.4 Å². The minimum absolute atomic E-state index is 0.212. The van der Waals surface area contributed by atoms with Crippen molar-refractivity contribution in [1.29, 1.82) is 0 Å². The summed E-state index contributed by atoms with van der Waals surface area (Å²) >= 11 is 0. The summed E-state index contributed by atoms with van der Waals surface area (Å²) in [4.78, 5) is 25.0. The zero-order valence-electron chi connectivity index (χ0n) is 18.5. The quantitative estimate of drug-likeness (QED) is 0.309. The molecular formula is C20H21B3FNO7S. The lowest BCUT2D eigenvalue weighted by Crippen LogP contribution is -2.40. The fourth-order valence-corrected chi connectivity index (χ4v) is 4.27. The number of ketones is 1. The minimum atomic E-state index is -4.45. The van der Waals surface area contributed by atoms with E-state index in [0.29, 0.717) is 5.56 Å². The highest BCUT2D eigenvalue weighted by molar-refractivity contribution is 7.90. The summed E-state index contributed by atoms with van der Waals surface area (Å²) in [6.07, 6.45) is 0. The second kappa shape index (κ2) is 8.62. The summed E-state index contributed by atoms with van der Waals surface area (Å²) in [6.45, 7) is 1.89. The monoisotopic (exact) mass is 471 g/mol. The topological polar surface area (TPSA) is 122 Å². The molecule has 0 saturated heterocycles. The Hall–Kier alpha value is -3.21. The van der Waals surface area contributed by atoms with E-state index in [-0.39, 0.29) is 17.7 Å². The maximum Gasteiger partial charge on any atom is 0.338 e. The highest BCUT2D eigenvalue weighted by Crippen LogP contribution is 2.38. The van der Waals surface area contributed by atoms with E-state index in [0.717, 1.165) is 12.1 Å². The van der Waals surface area contributed by atoms with Gasteiger partial charge in [-0.3, -0.25) is 4.79 Å². The van der Waals surface area contributed by atoms with Crippen molar-refractivity contribution in [3.8, 4) is 0 Å². The number of nitrogens with two attached hydrogens (primary N) is 1. The first-order valence-corrected chi connectivity index (χ1v) is 11.5. The van der Waals surface area contributed by atoms with Crippen molar-refractivity contribution in [3.63, 3.8) is 0 Å². The van der Waals surface area contributed by atoms with Gasteiger partial charge in [0.1, 0.15) is 21.5 Å². The number of halogens is 1. The van der Waals surface area contributed by atoms with Crippen LogP contribution in [0.2, 0.25) is 0 Å². The highest BCUT2D eigenvalue weighted by atomic mass is 32.2. The van der Waals surface area contributed by atoms with Gasteiger partial charge in [0.25, 0.3) is 0 Å². The normalized spacial score (nSPS) is 18.7. The molecule has 0 spiro atoms. The van der Waals surface area contributed by atoms with E-state index in [1.807, 2.05) is 0 Å². The fourth-order valence-electron chi connectivity index (χ4n) is 3.26. The van der Waals surface area contributed by atoms with Crippen molar-refractivity contribution >= 4 is 45.4 Å². The summed E-state index contributed by atoms with van der Waals surface area (Å²) < 4.78 is 53.4. The number of esters is 1. The minimum Gasteiger partial charge on any atom is -0.467 e. The second-order valence-corrected chi connectivity index (χ2v) is 10.1. The average molecular weight is 471 g/mol. The van der Waals surface area contributed by atoms with Crippen molar-refractivity contribution < 1.29 is 36.1 Å². The van der Waals surface area contributed by atoms with Crippen LogP contribution in [0.3, 0.4) is 0 Å². The molecule has 33 heavy (non-hydrogen) atoms. The molecule has 0 aromatic heterocycles. The van der Waals surface area contributed by atoms with Crippen LogP contribution in [-0.4, -0.2) is 50.3 Å². The Bertz CT molecular complexity index is 1230. The number of benzene rings is 2. The number of Topliss-reactive ketones (excluding diaryl/α,β-unsaturated/α-hetero) is 1. The first-order valence-electron chi connectivity index (χ1n) is 10.0. The van der Waals surface area contributed by atoms with Gasteiger partial charge in [0.05, 0.1) is 16.7 Å². The Morgan fingerprint density at radius 2 is 1.73 bits per heavy atom. The van der Waals surface area contributed by atoms with Crippen LogP contribution in [0.25, 0.3) is 0 Å². The van der Waals surface area contributed by atoms with Crippen molar-refractivity contribution in [3.05, 3.63) is 82.7 Å². The largest absolute Gasteiger partial charge is 0.467 e. The summed E-state index contributed by atoms with van der Waals surface area (Å²) in [5.41, 5.74) is 5.03. The molecule has 2 aromatic rings. The Balaban J connectivity index is 1.87. The Kier molecular flexibility index (Phi) is 6.38. The van der Waals surface area contributed by atoms with Crippen LogP contribution in [0, 0.1) is 5.82 Å². The van der Waals surface area contributed by atoms with E-state index in [1.165, 1.54) is 59.9 Å². The molecule has 0 saturated carbocycles. The number of hydrogen-bond donors (Lipinski definition) is 1. The number of carbonyl (C=O) groups is 2. The van der Waals surface area contributed by atoms with E-state index in [1.54, 1.807) is 6.92 Å². The van der Waals surface area contributed by atoms with Gasteiger partial charge < -0.3 is 19.4 Å². The SMILES string of the molecule is BC(B)(c1ccc(F)cc1)S(=O)(=O)OC1=C(N)O[C@@](B)(c2ccc(C(=O)OCC)cc2)C1=O. The molecule has 1 aliphatic rings. The van der Waals surface area contributed by atoms with Gasteiger partial charge in [-0.15, -0.1) is 0 Å². The first kappa shape index (κ1) is 24.4. The van der Waals surface area contributed by atoms with Gasteiger partial charge in [-0.05, 0) is 42.3 Å². The fraction of sp³-hybridized carbons (Fsp3) is 0.200. The highest BCUT2D eigenvalue weighted by Gasteiger charge is 2.50. The molecule has 0 unspecified atom stereocenters. The predicted molar refractivity (Wildman–Crippen MR) is 125 cm³/mol. The van der Waals surface area contributed by atoms with E-state index in [9.17, 15) is 22.4 Å². The molecule has 0 amide bonds. The van der Waals surface area contributed by atoms with Crippen LogP contribution in [0.1, 0.15) is 28.4 Å².